The maximum atomic E-state index is 13.9. The normalized spacial score (nSPS) is 15.3. The summed E-state index contributed by atoms with van der Waals surface area (Å²) >= 11 is 0. The third-order valence-electron chi connectivity index (χ3n) is 6.50. The van der Waals surface area contributed by atoms with Crippen molar-refractivity contribution in [3.63, 3.8) is 0 Å². The number of hydrogen-bond acceptors (Lipinski definition) is 4. The van der Waals surface area contributed by atoms with E-state index in [9.17, 15) is 18.0 Å². The Morgan fingerprint density at radius 2 is 1.81 bits per heavy atom. The molecule has 2 aromatic heterocycles. The number of piperazine rings is 1. The van der Waals surface area contributed by atoms with Crippen molar-refractivity contribution in [2.75, 3.05) is 38.5 Å². The van der Waals surface area contributed by atoms with Gasteiger partial charge in [-0.2, -0.15) is 13.2 Å². The summed E-state index contributed by atoms with van der Waals surface area (Å²) in [4.78, 5) is 21.5. The van der Waals surface area contributed by atoms with Gasteiger partial charge in [-0.25, -0.2) is 4.98 Å². The number of alkyl halides is 3. The highest BCUT2D eigenvalue weighted by molar-refractivity contribution is 6.05. The zero-order valence-electron chi connectivity index (χ0n) is 19.8. The number of nitrogens with one attached hydrogen (secondary N) is 1. The van der Waals surface area contributed by atoms with E-state index in [1.165, 1.54) is 12.1 Å². The molecule has 0 radical (unpaired) electrons. The molecule has 186 valence electrons. The van der Waals surface area contributed by atoms with Crippen LogP contribution in [-0.2, 0) is 12.7 Å². The summed E-state index contributed by atoms with van der Waals surface area (Å²) in [7, 11) is 2.00. The van der Waals surface area contributed by atoms with E-state index in [4.69, 9.17) is 0 Å². The highest BCUT2D eigenvalue weighted by Crippen LogP contribution is 2.35. The summed E-state index contributed by atoms with van der Waals surface area (Å²) in [5.41, 5.74) is 2.30. The summed E-state index contributed by atoms with van der Waals surface area (Å²) in [6.07, 6.45) is -0.917. The number of likely N-dealkylation sites (N-methyl/N-ethyl adjacent to an activating group) is 1. The minimum atomic E-state index is -4.52. The van der Waals surface area contributed by atoms with Gasteiger partial charge in [0, 0.05) is 55.7 Å². The van der Waals surface area contributed by atoms with Crippen molar-refractivity contribution in [1.82, 2.24) is 19.2 Å². The minimum absolute atomic E-state index is 0.106. The molecule has 1 amide bonds. The number of fused-ring (bicyclic) bond motifs is 1. The van der Waals surface area contributed by atoms with Crippen LogP contribution in [0.2, 0.25) is 0 Å². The SMILES string of the molecule is CN1CCN(Cc2ccc(NC(=O)c3cccc(-c4cnc5ccccn45)c3)cc2C(F)(F)F)CC1. The van der Waals surface area contributed by atoms with E-state index in [0.717, 1.165) is 49.1 Å². The topological polar surface area (TPSA) is 52.9 Å². The molecule has 0 spiro atoms. The fourth-order valence-corrected chi connectivity index (χ4v) is 4.47. The Balaban J connectivity index is 1.36. The van der Waals surface area contributed by atoms with Gasteiger partial charge in [-0.05, 0) is 49.0 Å². The molecule has 1 aliphatic rings. The van der Waals surface area contributed by atoms with Gasteiger partial charge in [-0.15, -0.1) is 0 Å². The molecule has 0 atom stereocenters. The second-order valence-electron chi connectivity index (χ2n) is 9.06. The predicted molar refractivity (Wildman–Crippen MR) is 133 cm³/mol. The lowest BCUT2D eigenvalue weighted by Gasteiger charge is -2.33. The molecule has 36 heavy (non-hydrogen) atoms. The first-order valence-corrected chi connectivity index (χ1v) is 11.7. The Morgan fingerprint density at radius 3 is 2.58 bits per heavy atom. The van der Waals surface area contributed by atoms with Gasteiger partial charge in [0.05, 0.1) is 17.5 Å². The standard InChI is InChI=1S/C27H26F3N5O/c1-33-11-13-34(14-12-33)18-21-8-9-22(16-23(21)27(28,29)30)32-26(36)20-6-4-5-19(15-20)24-17-31-25-7-2-3-10-35(24)25/h2-10,15-17H,11-14,18H2,1H3,(H,32,36). The smallest absolute Gasteiger partial charge is 0.322 e. The Morgan fingerprint density at radius 1 is 1.00 bits per heavy atom. The molecule has 0 saturated carbocycles. The van der Waals surface area contributed by atoms with Gasteiger partial charge >= 0.3 is 6.18 Å². The molecule has 1 aliphatic heterocycles. The number of amides is 1. The van der Waals surface area contributed by atoms with Crippen LogP contribution < -0.4 is 5.32 Å². The molecule has 9 heteroatoms. The lowest BCUT2D eigenvalue weighted by Crippen LogP contribution is -2.44. The van der Waals surface area contributed by atoms with Crippen molar-refractivity contribution in [3.05, 3.63) is 89.7 Å². The van der Waals surface area contributed by atoms with Crippen molar-refractivity contribution >= 4 is 17.2 Å². The Bertz CT molecular complexity index is 1390. The molecule has 2 aromatic carbocycles. The average Bonchev–Trinajstić information content (AvgIpc) is 3.30. The summed E-state index contributed by atoms with van der Waals surface area (Å²) < 4.78 is 43.6. The number of hydrogen-bond donors (Lipinski definition) is 1. The molecular weight excluding hydrogens is 467 g/mol. The molecule has 1 N–H and O–H groups in total. The first-order valence-electron chi connectivity index (χ1n) is 11.7. The number of rotatable bonds is 5. The molecule has 3 heterocycles. The van der Waals surface area contributed by atoms with E-state index in [-0.39, 0.29) is 17.8 Å². The lowest BCUT2D eigenvalue weighted by atomic mass is 10.0. The third kappa shape index (κ3) is 5.12. The first-order chi connectivity index (χ1) is 17.3. The van der Waals surface area contributed by atoms with Crippen molar-refractivity contribution in [2.45, 2.75) is 12.7 Å². The zero-order chi connectivity index (χ0) is 25.3. The number of anilines is 1. The Kier molecular flexibility index (Phi) is 6.51. The number of carbonyl (C=O) groups excluding carboxylic acids is 1. The lowest BCUT2D eigenvalue weighted by molar-refractivity contribution is -0.138. The third-order valence-corrected chi connectivity index (χ3v) is 6.50. The highest BCUT2D eigenvalue weighted by atomic mass is 19.4. The minimum Gasteiger partial charge on any atom is -0.322 e. The summed E-state index contributed by atoms with van der Waals surface area (Å²) in [6, 6.07) is 16.6. The molecule has 1 fully saturated rings. The van der Waals surface area contributed by atoms with Gasteiger partial charge in [-0.1, -0.05) is 24.3 Å². The quantitative estimate of drug-likeness (QED) is 0.424. The van der Waals surface area contributed by atoms with E-state index in [1.807, 2.05) is 46.8 Å². The predicted octanol–water partition coefficient (Wildman–Crippen LogP) is 5.02. The number of pyridine rings is 1. The second kappa shape index (κ2) is 9.75. The summed E-state index contributed by atoms with van der Waals surface area (Å²) in [5.74, 6) is -0.481. The van der Waals surface area contributed by atoms with Crippen LogP contribution in [0, 0.1) is 0 Å². The van der Waals surface area contributed by atoms with Crippen LogP contribution in [0.15, 0.2) is 73.1 Å². The molecule has 4 aromatic rings. The van der Waals surface area contributed by atoms with Crippen LogP contribution in [0.25, 0.3) is 16.9 Å². The van der Waals surface area contributed by atoms with E-state index in [2.05, 4.69) is 15.2 Å². The largest absolute Gasteiger partial charge is 0.416 e. The number of imidazole rings is 1. The van der Waals surface area contributed by atoms with Crippen LogP contribution >= 0.6 is 0 Å². The molecule has 1 saturated heterocycles. The van der Waals surface area contributed by atoms with Crippen LogP contribution in [-0.4, -0.2) is 58.3 Å². The van der Waals surface area contributed by atoms with Gasteiger partial charge in [0.25, 0.3) is 5.91 Å². The van der Waals surface area contributed by atoms with Crippen LogP contribution in [0.1, 0.15) is 21.5 Å². The molecule has 5 rings (SSSR count). The summed E-state index contributed by atoms with van der Waals surface area (Å²) in [6.45, 7) is 3.30. The molecule has 0 unspecified atom stereocenters. The molecule has 0 aliphatic carbocycles. The van der Waals surface area contributed by atoms with Gasteiger partial charge in [0.15, 0.2) is 0 Å². The maximum Gasteiger partial charge on any atom is 0.416 e. The van der Waals surface area contributed by atoms with Gasteiger partial charge in [0.2, 0.25) is 0 Å². The van der Waals surface area contributed by atoms with Crippen LogP contribution in [0.4, 0.5) is 18.9 Å². The van der Waals surface area contributed by atoms with Crippen molar-refractivity contribution < 1.29 is 18.0 Å². The second-order valence-corrected chi connectivity index (χ2v) is 9.06. The molecule has 0 bridgehead atoms. The molecular formula is C27H26F3N5O. The van der Waals surface area contributed by atoms with E-state index in [0.29, 0.717) is 5.56 Å². The highest BCUT2D eigenvalue weighted by Gasteiger charge is 2.34. The fraction of sp³-hybridized carbons (Fsp3) is 0.259. The van der Waals surface area contributed by atoms with E-state index < -0.39 is 17.6 Å². The number of carbonyl (C=O) groups is 1. The average molecular weight is 494 g/mol. The first kappa shape index (κ1) is 24.0. The Hall–Kier alpha value is -3.69. The fourth-order valence-electron chi connectivity index (χ4n) is 4.47. The van der Waals surface area contributed by atoms with E-state index >= 15 is 0 Å². The molecule has 6 nitrogen and oxygen atoms in total. The van der Waals surface area contributed by atoms with Gasteiger partial charge in [-0.3, -0.25) is 14.1 Å². The zero-order valence-corrected chi connectivity index (χ0v) is 19.8. The van der Waals surface area contributed by atoms with E-state index in [1.54, 1.807) is 24.4 Å². The van der Waals surface area contributed by atoms with Crippen molar-refractivity contribution in [1.29, 1.82) is 0 Å². The maximum absolute atomic E-state index is 13.9. The number of halogens is 3. The van der Waals surface area contributed by atoms with Gasteiger partial charge in [0.1, 0.15) is 5.65 Å². The number of aromatic nitrogens is 2. The number of benzene rings is 2. The van der Waals surface area contributed by atoms with Gasteiger partial charge < -0.3 is 10.2 Å². The Labute approximate surface area is 207 Å². The van der Waals surface area contributed by atoms with Crippen LogP contribution in [0.5, 0.6) is 0 Å². The number of nitrogens with zero attached hydrogens (tertiary/aromatic N) is 4. The van der Waals surface area contributed by atoms with Crippen molar-refractivity contribution in [2.24, 2.45) is 0 Å². The van der Waals surface area contributed by atoms with Crippen LogP contribution in [0.3, 0.4) is 0 Å². The monoisotopic (exact) mass is 493 g/mol. The summed E-state index contributed by atoms with van der Waals surface area (Å²) in [5, 5.41) is 2.64. The van der Waals surface area contributed by atoms with Crippen molar-refractivity contribution in [3.8, 4) is 11.3 Å².